The number of nitrogens with zero attached hydrogens (tertiary/aromatic N) is 4. The molecular formula is C26H35N5O2. The summed E-state index contributed by atoms with van der Waals surface area (Å²) in [6, 6.07) is 12.8. The lowest BCUT2D eigenvalue weighted by molar-refractivity contribution is 0.0717. The van der Waals surface area contributed by atoms with Crippen LogP contribution >= 0.6 is 0 Å². The molecule has 1 N–H and O–H groups in total. The van der Waals surface area contributed by atoms with Crippen LogP contribution in [0.25, 0.3) is 11.0 Å². The van der Waals surface area contributed by atoms with Crippen LogP contribution in [-0.4, -0.2) is 59.4 Å². The summed E-state index contributed by atoms with van der Waals surface area (Å²) in [5, 5.41) is 8.97. The number of pyridine rings is 1. The fourth-order valence-corrected chi connectivity index (χ4v) is 4.86. The Bertz CT molecular complexity index is 1060. The van der Waals surface area contributed by atoms with E-state index in [0.29, 0.717) is 12.0 Å². The van der Waals surface area contributed by atoms with Crippen LogP contribution in [0.15, 0.2) is 47.1 Å². The van der Waals surface area contributed by atoms with Gasteiger partial charge in [-0.1, -0.05) is 23.4 Å². The minimum absolute atomic E-state index is 0.0995. The van der Waals surface area contributed by atoms with Crippen LogP contribution in [0.1, 0.15) is 39.2 Å². The minimum atomic E-state index is 0.0995. The van der Waals surface area contributed by atoms with Crippen LogP contribution < -0.4 is 15.0 Å². The number of rotatable bonds is 6. The molecule has 2 fully saturated rings. The molecule has 7 heteroatoms. The number of piperazine rings is 1. The number of para-hydroxylation sites is 1. The number of anilines is 1. The molecule has 1 aromatic carbocycles. The first kappa shape index (κ1) is 22.2. The largest absolute Gasteiger partial charge is 0.477 e. The van der Waals surface area contributed by atoms with E-state index in [2.05, 4.69) is 64.2 Å². The monoisotopic (exact) mass is 449 g/mol. The number of nitrogens with one attached hydrogen (secondary N) is 1. The molecule has 0 amide bonds. The molecule has 0 bridgehead atoms. The highest BCUT2D eigenvalue weighted by Crippen LogP contribution is 2.31. The van der Waals surface area contributed by atoms with Gasteiger partial charge in [0.2, 0.25) is 5.88 Å². The van der Waals surface area contributed by atoms with Crippen molar-refractivity contribution in [2.24, 2.45) is 5.92 Å². The van der Waals surface area contributed by atoms with Gasteiger partial charge in [0, 0.05) is 62.5 Å². The second kappa shape index (κ2) is 9.31. The van der Waals surface area contributed by atoms with Crippen LogP contribution in [0.3, 0.4) is 0 Å². The molecule has 3 aromatic rings. The Morgan fingerprint density at radius 2 is 1.97 bits per heavy atom. The molecule has 4 heterocycles. The van der Waals surface area contributed by atoms with Crippen molar-refractivity contribution >= 4 is 16.8 Å². The molecule has 2 atom stereocenters. The van der Waals surface area contributed by atoms with E-state index in [9.17, 15) is 0 Å². The van der Waals surface area contributed by atoms with Gasteiger partial charge in [0.25, 0.3) is 0 Å². The van der Waals surface area contributed by atoms with E-state index in [0.717, 1.165) is 62.0 Å². The molecule has 0 aliphatic carbocycles. The first-order valence-corrected chi connectivity index (χ1v) is 12.1. The van der Waals surface area contributed by atoms with Gasteiger partial charge in [0.15, 0.2) is 11.4 Å². The number of fused-ring (bicyclic) bond motifs is 2. The Morgan fingerprint density at radius 3 is 2.79 bits per heavy atom. The first-order valence-electron chi connectivity index (χ1n) is 12.1. The highest BCUT2D eigenvalue weighted by atomic mass is 16.5. The fourth-order valence-electron chi connectivity index (χ4n) is 4.86. The van der Waals surface area contributed by atoms with Gasteiger partial charge in [0.05, 0.1) is 12.0 Å². The number of hydrogen-bond donors (Lipinski definition) is 1. The Hall–Kier alpha value is -2.64. The standard InChI is InChI=1S/C26H35N5O2/c1-26(2,3)28-15-19-9-11-24(27-14-19)32-18-20-8-10-21-17-31(13-12-30(21)16-20)25-22-6-4-5-7-23(22)33-29-25/h4-7,9,11,14,20-21,28H,8,10,12-13,15-18H2,1-3H3/t20-,21-/m1/s1. The number of aromatic nitrogens is 2. The Kier molecular flexibility index (Phi) is 6.25. The highest BCUT2D eigenvalue weighted by Gasteiger charge is 2.34. The van der Waals surface area contributed by atoms with Crippen molar-refractivity contribution in [1.82, 2.24) is 20.4 Å². The number of ether oxygens (including phenoxy) is 1. The Balaban J connectivity index is 1.11. The smallest absolute Gasteiger partial charge is 0.213 e. The van der Waals surface area contributed by atoms with Crippen molar-refractivity contribution in [2.45, 2.75) is 51.7 Å². The molecule has 0 spiro atoms. The van der Waals surface area contributed by atoms with E-state index in [4.69, 9.17) is 9.26 Å². The van der Waals surface area contributed by atoms with Gasteiger partial charge in [-0.15, -0.1) is 0 Å². The molecular weight excluding hydrogens is 414 g/mol. The average molecular weight is 450 g/mol. The van der Waals surface area contributed by atoms with Crippen molar-refractivity contribution in [1.29, 1.82) is 0 Å². The third kappa shape index (κ3) is 5.31. The topological polar surface area (TPSA) is 66.7 Å². The number of benzene rings is 1. The SMILES string of the molecule is CC(C)(C)NCc1ccc(OC[C@@H]2CC[C@@H]3CN(c4noc5ccccc45)CCN3C2)nc1. The normalized spacial score (nSPS) is 21.8. The maximum absolute atomic E-state index is 6.06. The van der Waals surface area contributed by atoms with Gasteiger partial charge in [0.1, 0.15) is 0 Å². The predicted octanol–water partition coefficient (Wildman–Crippen LogP) is 4.09. The quantitative estimate of drug-likeness (QED) is 0.608. The minimum Gasteiger partial charge on any atom is -0.477 e. The second-order valence-corrected chi connectivity index (χ2v) is 10.5. The lowest BCUT2D eigenvalue weighted by atomic mass is 9.91. The van der Waals surface area contributed by atoms with E-state index in [1.54, 1.807) is 0 Å². The summed E-state index contributed by atoms with van der Waals surface area (Å²) in [4.78, 5) is 9.53. The summed E-state index contributed by atoms with van der Waals surface area (Å²) in [6.45, 7) is 12.2. The summed E-state index contributed by atoms with van der Waals surface area (Å²) in [5.41, 5.74) is 2.14. The Morgan fingerprint density at radius 1 is 1.09 bits per heavy atom. The third-order valence-electron chi connectivity index (χ3n) is 6.75. The molecule has 2 aliphatic rings. The predicted molar refractivity (Wildman–Crippen MR) is 131 cm³/mol. The third-order valence-corrected chi connectivity index (χ3v) is 6.75. The zero-order valence-electron chi connectivity index (χ0n) is 20.0. The van der Waals surface area contributed by atoms with Crippen molar-refractivity contribution in [3.05, 3.63) is 48.2 Å². The lowest BCUT2D eigenvalue weighted by Crippen LogP contribution is -2.57. The maximum Gasteiger partial charge on any atom is 0.213 e. The van der Waals surface area contributed by atoms with Crippen molar-refractivity contribution in [3.63, 3.8) is 0 Å². The zero-order chi connectivity index (χ0) is 22.8. The van der Waals surface area contributed by atoms with E-state index in [-0.39, 0.29) is 5.54 Å². The van der Waals surface area contributed by atoms with Gasteiger partial charge in [-0.05, 0) is 51.3 Å². The van der Waals surface area contributed by atoms with E-state index >= 15 is 0 Å². The van der Waals surface area contributed by atoms with Gasteiger partial charge in [-0.25, -0.2) is 4.98 Å². The second-order valence-electron chi connectivity index (χ2n) is 10.5. The molecule has 176 valence electrons. The molecule has 2 saturated heterocycles. The summed E-state index contributed by atoms with van der Waals surface area (Å²) in [6.07, 6.45) is 4.28. The van der Waals surface area contributed by atoms with Gasteiger partial charge < -0.3 is 19.5 Å². The van der Waals surface area contributed by atoms with E-state index in [1.807, 2.05) is 24.4 Å². The van der Waals surface area contributed by atoms with Gasteiger partial charge in [-0.3, -0.25) is 4.90 Å². The molecule has 0 saturated carbocycles. The van der Waals surface area contributed by atoms with E-state index in [1.165, 1.54) is 18.4 Å². The van der Waals surface area contributed by atoms with Crippen LogP contribution in [0.2, 0.25) is 0 Å². The fraction of sp³-hybridized carbons (Fsp3) is 0.538. The molecule has 0 radical (unpaired) electrons. The van der Waals surface area contributed by atoms with Crippen LogP contribution in [-0.2, 0) is 6.54 Å². The molecule has 2 aliphatic heterocycles. The summed E-state index contributed by atoms with van der Waals surface area (Å²) in [5.74, 6) is 2.26. The summed E-state index contributed by atoms with van der Waals surface area (Å²) in [7, 11) is 0. The van der Waals surface area contributed by atoms with Crippen LogP contribution in [0.5, 0.6) is 5.88 Å². The average Bonchev–Trinajstić information content (AvgIpc) is 3.25. The summed E-state index contributed by atoms with van der Waals surface area (Å²) >= 11 is 0. The molecule has 0 unspecified atom stereocenters. The van der Waals surface area contributed by atoms with E-state index < -0.39 is 0 Å². The van der Waals surface area contributed by atoms with Gasteiger partial charge >= 0.3 is 0 Å². The molecule has 5 rings (SSSR count). The Labute approximate surface area is 196 Å². The molecule has 33 heavy (non-hydrogen) atoms. The highest BCUT2D eigenvalue weighted by molar-refractivity contribution is 5.88. The molecule has 2 aromatic heterocycles. The number of hydrogen-bond acceptors (Lipinski definition) is 7. The maximum atomic E-state index is 6.06. The van der Waals surface area contributed by atoms with Crippen LogP contribution in [0, 0.1) is 5.92 Å². The van der Waals surface area contributed by atoms with Gasteiger partial charge in [-0.2, -0.15) is 0 Å². The van der Waals surface area contributed by atoms with Crippen LogP contribution in [0.4, 0.5) is 5.82 Å². The van der Waals surface area contributed by atoms with Crippen molar-refractivity contribution in [2.75, 3.05) is 37.7 Å². The first-order chi connectivity index (χ1) is 15.9. The zero-order valence-corrected chi connectivity index (χ0v) is 20.0. The summed E-state index contributed by atoms with van der Waals surface area (Å²) < 4.78 is 11.6. The molecule has 7 nitrogen and oxygen atoms in total. The number of piperidine rings is 1. The van der Waals surface area contributed by atoms with Crippen molar-refractivity contribution < 1.29 is 9.26 Å². The lowest BCUT2D eigenvalue weighted by Gasteiger charge is -2.46. The van der Waals surface area contributed by atoms with Crippen molar-refractivity contribution in [3.8, 4) is 5.88 Å².